The molecule has 0 unspecified atom stereocenters. The van der Waals surface area contributed by atoms with Crippen LogP contribution in [-0.2, 0) is 10.0 Å². The van der Waals surface area contributed by atoms with Gasteiger partial charge in [0.25, 0.3) is 0 Å². The van der Waals surface area contributed by atoms with Crippen molar-refractivity contribution in [3.63, 3.8) is 0 Å². The second-order valence-corrected chi connectivity index (χ2v) is 5.15. The van der Waals surface area contributed by atoms with Gasteiger partial charge in [-0.05, 0) is 12.1 Å². The lowest BCUT2D eigenvalue weighted by Crippen LogP contribution is -2.12. The lowest BCUT2D eigenvalue weighted by Gasteiger charge is -2.07. The number of sulfonamides is 1. The predicted octanol–water partition coefficient (Wildman–Crippen LogP) is 1.55. The summed E-state index contributed by atoms with van der Waals surface area (Å²) in [6.45, 7) is 0. The van der Waals surface area contributed by atoms with Gasteiger partial charge < -0.3 is 5.11 Å². The second kappa shape index (κ2) is 4.26. The molecule has 0 saturated carbocycles. The first kappa shape index (κ1) is 12.7. The van der Waals surface area contributed by atoms with E-state index in [2.05, 4.69) is 0 Å². The fraction of sp³-hybridized carbons (Fsp3) is 0.125. The fourth-order valence-electron chi connectivity index (χ4n) is 0.991. The molecule has 0 aliphatic heterocycles. The normalized spacial score (nSPS) is 11.2. The molecule has 1 aromatic carbocycles. The third-order valence-corrected chi connectivity index (χ3v) is 2.49. The lowest BCUT2D eigenvalue weighted by atomic mass is 10.2. The van der Waals surface area contributed by atoms with E-state index in [9.17, 15) is 17.6 Å². The monoisotopic (exact) mass is 267 g/mol. The molecule has 0 amide bonds. The minimum absolute atomic E-state index is 0.302. The van der Waals surface area contributed by atoms with E-state index in [0.717, 1.165) is 18.4 Å². The number of carboxylic acid groups (broad SMARTS) is 1. The molecule has 8 heteroatoms. The van der Waals surface area contributed by atoms with Gasteiger partial charge in [-0.2, -0.15) is 0 Å². The summed E-state index contributed by atoms with van der Waals surface area (Å²) >= 11 is 5.47. The minimum Gasteiger partial charge on any atom is -0.478 e. The Morgan fingerprint density at radius 2 is 2.06 bits per heavy atom. The van der Waals surface area contributed by atoms with Gasteiger partial charge in [0.1, 0.15) is 5.82 Å². The van der Waals surface area contributed by atoms with Gasteiger partial charge in [-0.25, -0.2) is 17.6 Å². The minimum atomic E-state index is -3.68. The Labute approximate surface area is 95.9 Å². The number of hydrogen-bond acceptors (Lipinski definition) is 3. The molecule has 0 atom stereocenters. The van der Waals surface area contributed by atoms with Gasteiger partial charge in [0.2, 0.25) is 10.0 Å². The molecule has 0 fully saturated rings. The van der Waals surface area contributed by atoms with E-state index in [4.69, 9.17) is 16.7 Å². The molecule has 0 radical (unpaired) electrons. The van der Waals surface area contributed by atoms with Gasteiger partial charge in [0.05, 0.1) is 22.5 Å². The van der Waals surface area contributed by atoms with E-state index in [1.165, 1.54) is 0 Å². The van der Waals surface area contributed by atoms with Crippen LogP contribution in [0.2, 0.25) is 5.02 Å². The molecule has 0 aliphatic rings. The topological polar surface area (TPSA) is 83.5 Å². The molecular formula is C8H7ClFNO4S. The molecule has 1 aromatic rings. The van der Waals surface area contributed by atoms with Crippen molar-refractivity contribution in [1.29, 1.82) is 0 Å². The van der Waals surface area contributed by atoms with Crippen molar-refractivity contribution in [2.75, 3.05) is 11.0 Å². The van der Waals surface area contributed by atoms with Gasteiger partial charge in [0.15, 0.2) is 0 Å². The van der Waals surface area contributed by atoms with Crippen LogP contribution >= 0.6 is 11.6 Å². The Morgan fingerprint density at radius 3 is 2.50 bits per heavy atom. The number of benzene rings is 1. The third-order valence-electron chi connectivity index (χ3n) is 1.58. The van der Waals surface area contributed by atoms with Crippen LogP contribution in [0.5, 0.6) is 0 Å². The maximum Gasteiger partial charge on any atom is 0.337 e. The third kappa shape index (κ3) is 3.07. The largest absolute Gasteiger partial charge is 0.478 e. The molecule has 0 spiro atoms. The fourth-order valence-corrected chi connectivity index (χ4v) is 1.78. The van der Waals surface area contributed by atoms with Crippen molar-refractivity contribution in [2.24, 2.45) is 0 Å². The highest BCUT2D eigenvalue weighted by Gasteiger charge is 2.15. The highest BCUT2D eigenvalue weighted by atomic mass is 35.5. The van der Waals surface area contributed by atoms with Crippen molar-refractivity contribution in [3.8, 4) is 0 Å². The number of anilines is 1. The van der Waals surface area contributed by atoms with Crippen LogP contribution in [0.4, 0.5) is 10.1 Å². The number of nitrogens with one attached hydrogen (secondary N) is 1. The highest BCUT2D eigenvalue weighted by Crippen LogP contribution is 2.24. The first-order valence-electron chi connectivity index (χ1n) is 3.91. The summed E-state index contributed by atoms with van der Waals surface area (Å²) < 4.78 is 36.8. The molecule has 5 nitrogen and oxygen atoms in total. The molecule has 0 saturated heterocycles. The van der Waals surface area contributed by atoms with Crippen LogP contribution < -0.4 is 4.72 Å². The lowest BCUT2D eigenvalue weighted by molar-refractivity contribution is 0.0697. The van der Waals surface area contributed by atoms with Crippen molar-refractivity contribution >= 4 is 33.3 Å². The molecule has 0 heterocycles. The first-order valence-corrected chi connectivity index (χ1v) is 6.18. The van der Waals surface area contributed by atoms with Crippen molar-refractivity contribution in [3.05, 3.63) is 28.5 Å². The first-order chi connectivity index (χ1) is 7.20. The van der Waals surface area contributed by atoms with Crippen molar-refractivity contribution in [2.45, 2.75) is 0 Å². The standard InChI is InChI=1S/C8H7ClFNO4S/c1-16(14,15)11-7-2-4(8(12)13)5(9)3-6(7)10/h2-3,11H,1H3,(H,12,13). The molecular weight excluding hydrogens is 261 g/mol. The van der Waals surface area contributed by atoms with Crippen molar-refractivity contribution < 1.29 is 22.7 Å². The zero-order valence-electron chi connectivity index (χ0n) is 7.99. The average Bonchev–Trinajstić information content (AvgIpc) is 2.07. The Bertz CT molecular complexity index is 543. The molecule has 88 valence electrons. The smallest absolute Gasteiger partial charge is 0.337 e. The zero-order valence-corrected chi connectivity index (χ0v) is 9.56. The van der Waals surface area contributed by atoms with E-state index in [0.29, 0.717) is 0 Å². The Kier molecular flexibility index (Phi) is 3.39. The summed E-state index contributed by atoms with van der Waals surface area (Å²) in [5.41, 5.74) is -0.835. The van der Waals surface area contributed by atoms with E-state index >= 15 is 0 Å². The van der Waals surface area contributed by atoms with E-state index in [1.807, 2.05) is 4.72 Å². The van der Waals surface area contributed by atoms with E-state index in [-0.39, 0.29) is 10.6 Å². The number of halogens is 2. The van der Waals surface area contributed by atoms with Crippen LogP contribution in [0.3, 0.4) is 0 Å². The van der Waals surface area contributed by atoms with Crippen molar-refractivity contribution in [1.82, 2.24) is 0 Å². The zero-order chi connectivity index (χ0) is 12.5. The number of carboxylic acids is 1. The highest BCUT2D eigenvalue weighted by molar-refractivity contribution is 7.92. The molecule has 0 bridgehead atoms. The maximum absolute atomic E-state index is 13.2. The van der Waals surface area contributed by atoms with Gasteiger partial charge in [0, 0.05) is 0 Å². The van der Waals surface area contributed by atoms with Gasteiger partial charge in [-0.1, -0.05) is 11.6 Å². The summed E-state index contributed by atoms with van der Waals surface area (Å²) in [6.07, 6.45) is 0.821. The van der Waals surface area contributed by atoms with Gasteiger partial charge in [-0.3, -0.25) is 4.72 Å². The summed E-state index contributed by atoms with van der Waals surface area (Å²) in [5, 5.41) is 8.39. The summed E-state index contributed by atoms with van der Waals surface area (Å²) in [4.78, 5) is 10.7. The van der Waals surface area contributed by atoms with Gasteiger partial charge in [-0.15, -0.1) is 0 Å². The molecule has 2 N–H and O–H groups in total. The predicted molar refractivity (Wildman–Crippen MR) is 56.8 cm³/mol. The van der Waals surface area contributed by atoms with E-state index < -0.39 is 27.5 Å². The number of hydrogen-bond donors (Lipinski definition) is 2. The maximum atomic E-state index is 13.2. The quantitative estimate of drug-likeness (QED) is 0.870. The average molecular weight is 268 g/mol. The SMILES string of the molecule is CS(=O)(=O)Nc1cc(C(=O)O)c(Cl)cc1F. The number of aromatic carboxylic acids is 1. The van der Waals surface area contributed by atoms with Crippen LogP contribution in [-0.4, -0.2) is 25.7 Å². The van der Waals surface area contributed by atoms with Crippen LogP contribution in [0.1, 0.15) is 10.4 Å². The van der Waals surface area contributed by atoms with Crippen LogP contribution in [0.25, 0.3) is 0 Å². The number of rotatable bonds is 3. The summed E-state index contributed by atoms with van der Waals surface area (Å²) in [7, 11) is -3.68. The summed E-state index contributed by atoms with van der Waals surface area (Å²) in [6, 6.07) is 1.56. The van der Waals surface area contributed by atoms with Crippen LogP contribution in [0, 0.1) is 5.82 Å². The Balaban J connectivity index is 3.31. The Morgan fingerprint density at radius 1 is 1.50 bits per heavy atom. The second-order valence-electron chi connectivity index (χ2n) is 2.99. The molecule has 1 rings (SSSR count). The molecule has 0 aliphatic carbocycles. The van der Waals surface area contributed by atoms with E-state index in [1.54, 1.807) is 0 Å². The molecule has 0 aromatic heterocycles. The summed E-state index contributed by atoms with van der Waals surface area (Å²) in [5.74, 6) is -2.32. The molecule has 16 heavy (non-hydrogen) atoms. The Hall–Kier alpha value is -1.34. The number of carbonyl (C=O) groups is 1. The van der Waals surface area contributed by atoms with Crippen LogP contribution in [0.15, 0.2) is 12.1 Å². The van der Waals surface area contributed by atoms with Gasteiger partial charge >= 0.3 is 5.97 Å².